The molecule has 11 heteroatoms. The third kappa shape index (κ3) is 5.55. The summed E-state index contributed by atoms with van der Waals surface area (Å²) in [6.07, 6.45) is 0. The van der Waals surface area contributed by atoms with Gasteiger partial charge in [-0.1, -0.05) is 43.8 Å². The Bertz CT molecular complexity index is 1220. The molecule has 0 aliphatic heterocycles. The van der Waals surface area contributed by atoms with Gasteiger partial charge in [-0.25, -0.2) is 8.42 Å². The van der Waals surface area contributed by atoms with Crippen molar-refractivity contribution in [3.63, 3.8) is 0 Å². The number of thioether (sulfide) groups is 1. The quantitative estimate of drug-likeness (QED) is 0.435. The van der Waals surface area contributed by atoms with E-state index in [2.05, 4.69) is 15.5 Å². The van der Waals surface area contributed by atoms with Crippen LogP contribution in [0, 0.1) is 6.92 Å². The maximum absolute atomic E-state index is 12.8. The highest BCUT2D eigenvalue weighted by Crippen LogP contribution is 2.28. The Hall–Kier alpha value is -2.89. The van der Waals surface area contributed by atoms with E-state index in [0.29, 0.717) is 35.5 Å². The fraction of sp³-hybridized carbons (Fsp3) is 0.318. The molecule has 1 aromatic heterocycles. The molecular formula is C22H27N5O4S2. The Morgan fingerprint density at radius 1 is 1.12 bits per heavy atom. The first-order valence-corrected chi connectivity index (χ1v) is 12.8. The lowest BCUT2D eigenvalue weighted by molar-refractivity contribution is -0.113. The predicted molar refractivity (Wildman–Crippen MR) is 129 cm³/mol. The topological polar surface area (TPSA) is 106 Å². The van der Waals surface area contributed by atoms with Crippen LogP contribution in [-0.4, -0.2) is 59.3 Å². The molecule has 2 aromatic carbocycles. The zero-order chi connectivity index (χ0) is 24.0. The van der Waals surface area contributed by atoms with E-state index >= 15 is 0 Å². The average molecular weight is 490 g/mol. The van der Waals surface area contributed by atoms with Crippen molar-refractivity contribution in [1.29, 1.82) is 0 Å². The van der Waals surface area contributed by atoms with Gasteiger partial charge in [-0.2, -0.15) is 4.31 Å². The number of para-hydroxylation sites is 2. The van der Waals surface area contributed by atoms with Crippen LogP contribution in [0.2, 0.25) is 0 Å². The molecule has 33 heavy (non-hydrogen) atoms. The summed E-state index contributed by atoms with van der Waals surface area (Å²) in [7, 11) is -2.02. The number of benzene rings is 2. The highest BCUT2D eigenvalue weighted by molar-refractivity contribution is 7.99. The minimum atomic E-state index is -3.61. The number of amides is 1. The molecule has 176 valence electrons. The number of sulfonamides is 1. The maximum atomic E-state index is 12.8. The normalized spacial score (nSPS) is 11.5. The molecular weight excluding hydrogens is 462 g/mol. The summed E-state index contributed by atoms with van der Waals surface area (Å²) < 4.78 is 34.1. The van der Waals surface area contributed by atoms with Crippen LogP contribution in [0.4, 0.5) is 5.69 Å². The monoisotopic (exact) mass is 489 g/mol. The number of aryl methyl sites for hydroxylation is 1. The molecule has 0 unspecified atom stereocenters. The first-order valence-electron chi connectivity index (χ1n) is 10.4. The van der Waals surface area contributed by atoms with Gasteiger partial charge in [0.25, 0.3) is 0 Å². The molecule has 0 spiro atoms. The summed E-state index contributed by atoms with van der Waals surface area (Å²) in [5, 5.41) is 11.6. The highest BCUT2D eigenvalue weighted by Gasteiger charge is 2.22. The average Bonchev–Trinajstić information content (AvgIpc) is 3.18. The number of methoxy groups -OCH3 is 1. The Morgan fingerprint density at radius 2 is 1.85 bits per heavy atom. The molecule has 1 amide bonds. The van der Waals surface area contributed by atoms with Crippen LogP contribution in [0.5, 0.6) is 5.75 Å². The van der Waals surface area contributed by atoms with Crippen LogP contribution in [0.25, 0.3) is 5.69 Å². The SMILES string of the molecule is CCN(CC)S(=O)(=O)c1cccc(NC(=O)CSc2nnc(C)n2-c2ccccc2OC)c1. The van der Waals surface area contributed by atoms with Crippen molar-refractivity contribution < 1.29 is 17.9 Å². The van der Waals surface area contributed by atoms with E-state index in [9.17, 15) is 13.2 Å². The lowest BCUT2D eigenvalue weighted by atomic mass is 10.3. The standard InChI is InChI=1S/C22H27N5O4S2/c1-5-26(6-2)33(29,30)18-11-9-10-17(14-18)23-21(28)15-32-22-25-24-16(3)27(22)19-12-7-8-13-20(19)31-4/h7-14H,5-6,15H2,1-4H3,(H,23,28). The van der Waals surface area contributed by atoms with Gasteiger partial charge in [0, 0.05) is 18.8 Å². The second kappa shape index (κ2) is 10.8. The number of aromatic nitrogens is 3. The van der Waals surface area contributed by atoms with Crippen LogP contribution >= 0.6 is 11.8 Å². The highest BCUT2D eigenvalue weighted by atomic mass is 32.2. The Morgan fingerprint density at radius 3 is 2.55 bits per heavy atom. The lowest BCUT2D eigenvalue weighted by Crippen LogP contribution is -2.30. The van der Waals surface area contributed by atoms with Gasteiger partial charge in [-0.15, -0.1) is 10.2 Å². The lowest BCUT2D eigenvalue weighted by Gasteiger charge is -2.18. The maximum Gasteiger partial charge on any atom is 0.243 e. The van der Waals surface area contributed by atoms with E-state index < -0.39 is 10.0 Å². The van der Waals surface area contributed by atoms with Crippen molar-refractivity contribution in [3.05, 3.63) is 54.4 Å². The largest absolute Gasteiger partial charge is 0.495 e. The van der Waals surface area contributed by atoms with Crippen LogP contribution < -0.4 is 10.1 Å². The fourth-order valence-corrected chi connectivity index (χ4v) is 5.60. The van der Waals surface area contributed by atoms with E-state index in [1.165, 1.54) is 28.2 Å². The van der Waals surface area contributed by atoms with Gasteiger partial charge >= 0.3 is 0 Å². The molecule has 0 saturated heterocycles. The smallest absolute Gasteiger partial charge is 0.243 e. The number of carbonyl (C=O) groups excluding carboxylic acids is 1. The summed E-state index contributed by atoms with van der Waals surface area (Å²) in [4.78, 5) is 12.7. The summed E-state index contributed by atoms with van der Waals surface area (Å²) in [5.41, 5.74) is 1.19. The van der Waals surface area contributed by atoms with Gasteiger partial charge in [-0.05, 0) is 37.3 Å². The number of nitrogens with zero attached hydrogens (tertiary/aromatic N) is 4. The number of anilines is 1. The zero-order valence-corrected chi connectivity index (χ0v) is 20.6. The molecule has 0 aliphatic carbocycles. The molecule has 3 rings (SSSR count). The summed E-state index contributed by atoms with van der Waals surface area (Å²) in [6, 6.07) is 13.8. The van der Waals surface area contributed by atoms with E-state index in [1.807, 2.05) is 35.8 Å². The summed E-state index contributed by atoms with van der Waals surface area (Å²) >= 11 is 1.23. The van der Waals surface area contributed by atoms with Crippen molar-refractivity contribution in [2.45, 2.75) is 30.8 Å². The number of carbonyl (C=O) groups is 1. The fourth-order valence-electron chi connectivity index (χ4n) is 3.30. The van der Waals surface area contributed by atoms with Gasteiger partial charge in [0.15, 0.2) is 5.16 Å². The van der Waals surface area contributed by atoms with Crippen LogP contribution in [-0.2, 0) is 14.8 Å². The molecule has 9 nitrogen and oxygen atoms in total. The first-order chi connectivity index (χ1) is 15.8. The summed E-state index contributed by atoms with van der Waals surface area (Å²) in [5.74, 6) is 1.11. The van der Waals surface area contributed by atoms with Gasteiger partial charge in [0.05, 0.1) is 23.4 Å². The zero-order valence-electron chi connectivity index (χ0n) is 19.0. The third-order valence-corrected chi connectivity index (χ3v) is 7.89. The second-order valence-corrected chi connectivity index (χ2v) is 9.87. The van der Waals surface area contributed by atoms with Gasteiger partial charge in [-0.3, -0.25) is 9.36 Å². The molecule has 1 N–H and O–H groups in total. The third-order valence-electron chi connectivity index (χ3n) is 4.91. The van der Waals surface area contributed by atoms with E-state index in [-0.39, 0.29) is 16.6 Å². The summed E-state index contributed by atoms with van der Waals surface area (Å²) in [6.45, 7) is 6.15. The number of hydrogen-bond acceptors (Lipinski definition) is 7. The molecule has 1 heterocycles. The van der Waals surface area contributed by atoms with Crippen molar-refractivity contribution in [2.75, 3.05) is 31.3 Å². The molecule has 0 bridgehead atoms. The first kappa shape index (κ1) is 24.7. The van der Waals surface area contributed by atoms with Gasteiger partial charge in [0.1, 0.15) is 11.6 Å². The van der Waals surface area contributed by atoms with Crippen molar-refractivity contribution in [1.82, 2.24) is 19.1 Å². The van der Waals surface area contributed by atoms with Crippen molar-refractivity contribution >= 4 is 33.4 Å². The van der Waals surface area contributed by atoms with E-state index in [1.54, 1.807) is 33.1 Å². The number of ether oxygens (including phenoxy) is 1. The Labute approximate surface area is 198 Å². The van der Waals surface area contributed by atoms with E-state index in [4.69, 9.17) is 4.74 Å². The molecule has 0 fully saturated rings. The molecule has 0 saturated carbocycles. The van der Waals surface area contributed by atoms with Crippen molar-refractivity contribution in [3.8, 4) is 11.4 Å². The van der Waals surface area contributed by atoms with Crippen molar-refractivity contribution in [2.24, 2.45) is 0 Å². The second-order valence-electron chi connectivity index (χ2n) is 6.99. The van der Waals surface area contributed by atoms with Crippen LogP contribution in [0.15, 0.2) is 58.6 Å². The van der Waals surface area contributed by atoms with Gasteiger partial charge in [0.2, 0.25) is 15.9 Å². The van der Waals surface area contributed by atoms with E-state index in [0.717, 1.165) is 5.69 Å². The molecule has 3 aromatic rings. The predicted octanol–water partition coefficient (Wildman–Crippen LogP) is 3.35. The van der Waals surface area contributed by atoms with Crippen LogP contribution in [0.1, 0.15) is 19.7 Å². The Kier molecular flexibility index (Phi) is 8.11. The number of hydrogen-bond donors (Lipinski definition) is 1. The molecule has 0 radical (unpaired) electrons. The van der Waals surface area contributed by atoms with Gasteiger partial charge < -0.3 is 10.1 Å². The molecule has 0 atom stereocenters. The Balaban J connectivity index is 1.73. The minimum Gasteiger partial charge on any atom is -0.495 e. The number of nitrogens with one attached hydrogen (secondary N) is 1. The number of rotatable bonds is 10. The van der Waals surface area contributed by atoms with Crippen LogP contribution in [0.3, 0.4) is 0 Å². The minimum absolute atomic E-state index is 0.0697. The molecule has 0 aliphatic rings.